The summed E-state index contributed by atoms with van der Waals surface area (Å²) >= 11 is 0. The highest BCUT2D eigenvalue weighted by atomic mass is 15.4. The van der Waals surface area contributed by atoms with Crippen molar-refractivity contribution in [1.29, 1.82) is 0 Å². The van der Waals surface area contributed by atoms with E-state index in [1.54, 1.807) is 7.05 Å². The van der Waals surface area contributed by atoms with Crippen molar-refractivity contribution in [2.24, 2.45) is 21.2 Å². The van der Waals surface area contributed by atoms with Crippen molar-refractivity contribution in [2.75, 3.05) is 13.7 Å². The third kappa shape index (κ3) is 4.29. The maximum Gasteiger partial charge on any atom is 0.213 e. The number of amidine groups is 1. The van der Waals surface area contributed by atoms with Crippen LogP contribution in [0.25, 0.3) is 5.32 Å². The number of quaternary nitrogens is 1. The van der Waals surface area contributed by atoms with Gasteiger partial charge in [0.1, 0.15) is 5.84 Å². The van der Waals surface area contributed by atoms with Crippen LogP contribution in [-0.2, 0) is 0 Å². The van der Waals surface area contributed by atoms with Crippen LogP contribution >= 0.6 is 0 Å². The molecule has 0 aromatic rings. The Balaban J connectivity index is 0.000000791. The van der Waals surface area contributed by atoms with Gasteiger partial charge in [0.2, 0.25) is 5.66 Å². The molecule has 0 fully saturated rings. The molecule has 0 aromatic carbocycles. The van der Waals surface area contributed by atoms with Gasteiger partial charge >= 0.3 is 0 Å². The van der Waals surface area contributed by atoms with E-state index in [1.807, 2.05) is 26.1 Å². The fourth-order valence-electron chi connectivity index (χ4n) is 1.02. The fourth-order valence-corrected chi connectivity index (χ4v) is 1.02. The van der Waals surface area contributed by atoms with Crippen LogP contribution in [0.4, 0.5) is 0 Å². The molecule has 1 unspecified atom stereocenters. The van der Waals surface area contributed by atoms with E-state index in [1.165, 1.54) is 0 Å². The third-order valence-electron chi connectivity index (χ3n) is 1.70. The summed E-state index contributed by atoms with van der Waals surface area (Å²) in [4.78, 5) is 0. The van der Waals surface area contributed by atoms with Crippen molar-refractivity contribution in [3.8, 4) is 0 Å². The van der Waals surface area contributed by atoms with Gasteiger partial charge in [-0.2, -0.15) is 7.05 Å². The molecule has 1 rings (SSSR count). The Kier molecular flexibility index (Phi) is 5.98. The molecule has 1 aliphatic rings. The molecule has 0 saturated carbocycles. The second-order valence-electron chi connectivity index (χ2n) is 3.02. The average molecular weight is 200 g/mol. The molecule has 0 aromatic heterocycles. The van der Waals surface area contributed by atoms with Crippen LogP contribution in [0.1, 0.15) is 27.2 Å². The maximum absolute atomic E-state index is 5.53. The van der Waals surface area contributed by atoms with Gasteiger partial charge in [0, 0.05) is 6.92 Å². The summed E-state index contributed by atoms with van der Waals surface area (Å²) in [5.41, 5.74) is 5.21. The first-order chi connectivity index (χ1) is 6.66. The normalized spacial score (nSPS) is 25.0. The summed E-state index contributed by atoms with van der Waals surface area (Å²) in [6.07, 6.45) is 0.631. The highest BCUT2D eigenvalue weighted by Gasteiger charge is 2.29. The zero-order valence-corrected chi connectivity index (χ0v) is 9.36. The van der Waals surface area contributed by atoms with Crippen molar-refractivity contribution in [3.05, 3.63) is 5.32 Å². The summed E-state index contributed by atoms with van der Waals surface area (Å²) in [7, 11) is 1.76. The number of nitrogens with two attached hydrogens (primary N) is 2. The van der Waals surface area contributed by atoms with Gasteiger partial charge in [-0.25, -0.2) is 0 Å². The quantitative estimate of drug-likeness (QED) is 0.677. The lowest BCUT2D eigenvalue weighted by molar-refractivity contribution is -0.716. The minimum atomic E-state index is -0.314. The smallest absolute Gasteiger partial charge is 0.213 e. The highest BCUT2D eigenvalue weighted by molar-refractivity contribution is 5.81. The number of nitrogens with zero attached hydrogens (tertiary/aromatic N) is 4. The van der Waals surface area contributed by atoms with Gasteiger partial charge in [-0.3, -0.25) is 0 Å². The van der Waals surface area contributed by atoms with E-state index in [4.69, 9.17) is 5.73 Å². The van der Waals surface area contributed by atoms with E-state index in [2.05, 4.69) is 20.8 Å². The predicted octanol–water partition coefficient (Wildman–Crippen LogP) is 0.381. The molecule has 0 spiro atoms. The minimum absolute atomic E-state index is 0.314. The Hall–Kier alpha value is -1.01. The minimum Gasteiger partial charge on any atom is -0.615 e. The molecule has 1 heterocycles. The lowest BCUT2D eigenvalue weighted by Gasteiger charge is -2.25. The Morgan fingerprint density at radius 1 is 1.57 bits per heavy atom. The molecule has 82 valence electrons. The van der Waals surface area contributed by atoms with E-state index in [0.29, 0.717) is 18.9 Å². The second kappa shape index (κ2) is 6.44. The Morgan fingerprint density at radius 2 is 2.21 bits per heavy atom. The van der Waals surface area contributed by atoms with Crippen LogP contribution in [-0.4, -0.2) is 25.2 Å². The SMILES string of the molecule is CC.C[N-]C[NH2+]C1(C)CC(N)=NN=N1. The number of rotatable bonds is 3. The van der Waals surface area contributed by atoms with E-state index >= 15 is 0 Å². The second-order valence-corrected chi connectivity index (χ2v) is 3.02. The Bertz CT molecular complexity index is 212. The van der Waals surface area contributed by atoms with Gasteiger partial charge in [0.15, 0.2) is 0 Å². The van der Waals surface area contributed by atoms with Gasteiger partial charge in [0.25, 0.3) is 0 Å². The van der Waals surface area contributed by atoms with E-state index < -0.39 is 0 Å². The van der Waals surface area contributed by atoms with Gasteiger partial charge in [0.05, 0.1) is 6.42 Å². The molecule has 4 N–H and O–H groups in total. The molecule has 0 bridgehead atoms. The van der Waals surface area contributed by atoms with Crippen LogP contribution < -0.4 is 11.1 Å². The van der Waals surface area contributed by atoms with Crippen LogP contribution in [0.2, 0.25) is 0 Å². The first-order valence-corrected chi connectivity index (χ1v) is 4.80. The summed E-state index contributed by atoms with van der Waals surface area (Å²) in [5.74, 6) is 0.528. The predicted molar refractivity (Wildman–Crippen MR) is 56.9 cm³/mol. The summed E-state index contributed by atoms with van der Waals surface area (Å²) < 4.78 is 0. The molecule has 0 radical (unpaired) electrons. The van der Waals surface area contributed by atoms with E-state index in [0.717, 1.165) is 0 Å². The van der Waals surface area contributed by atoms with Gasteiger partial charge in [-0.1, -0.05) is 13.8 Å². The summed E-state index contributed by atoms with van der Waals surface area (Å²) in [5, 5.41) is 17.2. The molecule has 14 heavy (non-hydrogen) atoms. The maximum atomic E-state index is 5.53. The third-order valence-corrected chi connectivity index (χ3v) is 1.70. The summed E-state index contributed by atoms with van der Waals surface area (Å²) in [6, 6.07) is 0. The van der Waals surface area contributed by atoms with E-state index in [-0.39, 0.29) is 5.66 Å². The van der Waals surface area contributed by atoms with Crippen molar-refractivity contribution in [2.45, 2.75) is 32.9 Å². The fraction of sp³-hybridized carbons (Fsp3) is 0.875. The largest absolute Gasteiger partial charge is 0.615 e. The first kappa shape index (κ1) is 13.0. The molecule has 6 nitrogen and oxygen atoms in total. The molecule has 6 heteroatoms. The van der Waals surface area contributed by atoms with Crippen LogP contribution in [0.3, 0.4) is 0 Å². The molecule has 0 aliphatic carbocycles. The van der Waals surface area contributed by atoms with Crippen LogP contribution in [0.15, 0.2) is 15.4 Å². The monoisotopic (exact) mass is 200 g/mol. The van der Waals surface area contributed by atoms with Gasteiger partial charge in [-0.05, 0) is 11.9 Å². The van der Waals surface area contributed by atoms with E-state index in [9.17, 15) is 0 Å². The van der Waals surface area contributed by atoms with Crippen molar-refractivity contribution in [3.63, 3.8) is 0 Å². The number of hydrogen-bond acceptors (Lipinski definition) is 4. The van der Waals surface area contributed by atoms with Crippen molar-refractivity contribution < 1.29 is 5.32 Å². The van der Waals surface area contributed by atoms with Crippen molar-refractivity contribution >= 4 is 5.84 Å². The molecule has 0 saturated heterocycles. The van der Waals surface area contributed by atoms with Crippen LogP contribution in [0.5, 0.6) is 0 Å². The average Bonchev–Trinajstić information content (AvgIpc) is 2.18. The topological polar surface area (TPSA) is 93.8 Å². The highest BCUT2D eigenvalue weighted by Crippen LogP contribution is 2.10. The number of hydrogen-bond donors (Lipinski definition) is 2. The zero-order valence-electron chi connectivity index (χ0n) is 9.36. The Morgan fingerprint density at radius 3 is 2.71 bits per heavy atom. The molecular formula is C8H20N6. The molecule has 1 aliphatic heterocycles. The lowest BCUT2D eigenvalue weighted by Crippen LogP contribution is -2.95. The van der Waals surface area contributed by atoms with Crippen molar-refractivity contribution in [1.82, 2.24) is 0 Å². The Labute approximate surface area is 85.0 Å². The zero-order chi connectivity index (χ0) is 11.0. The molecular weight excluding hydrogens is 180 g/mol. The molecule has 1 atom stereocenters. The lowest BCUT2D eigenvalue weighted by atomic mass is 10.1. The molecule has 0 amide bonds. The standard InChI is InChI=1S/C6H13N6.C2H6/c1-6(9-4-8-2)3-5(7)10-12-11-6;1-2/h9H,3-4H2,1-2H3,(H2,7,10,11);1-2H3/q-1;/p+1. The first-order valence-electron chi connectivity index (χ1n) is 4.80. The van der Waals surface area contributed by atoms with Gasteiger partial charge in [-0.15, -0.1) is 10.2 Å². The summed E-state index contributed by atoms with van der Waals surface area (Å²) in [6.45, 7) is 6.63. The van der Waals surface area contributed by atoms with Crippen LogP contribution in [0, 0.1) is 0 Å². The van der Waals surface area contributed by atoms with Gasteiger partial charge < -0.3 is 16.4 Å².